The monoisotopic (exact) mass is 330 g/mol. The molecule has 0 bridgehead atoms. The topological polar surface area (TPSA) is 29.3 Å². The molecule has 0 radical (unpaired) electrons. The molecule has 0 spiro atoms. The highest BCUT2D eigenvalue weighted by Gasteiger charge is 2.18. The number of rotatable bonds is 2. The molecule has 0 atom stereocenters. The van der Waals surface area contributed by atoms with E-state index in [9.17, 15) is 4.39 Å². The van der Waals surface area contributed by atoms with E-state index in [2.05, 4.69) is 20.8 Å². The Kier molecular flexibility index (Phi) is 4.56. The third-order valence-electron chi connectivity index (χ3n) is 3.27. The quantitative estimate of drug-likeness (QED) is 0.840. The molecule has 2 rings (SSSR count). The number of hydrogen-bond acceptors (Lipinski definition) is 2. The lowest BCUT2D eigenvalue weighted by Crippen LogP contribution is -2.25. The fraction of sp³-hybridized carbons (Fsp3) is 0.462. The molecular weight excluding hydrogens is 315 g/mol. The number of hydrogen-bond donors (Lipinski definition) is 1. The van der Waals surface area contributed by atoms with Gasteiger partial charge in [-0.05, 0) is 40.9 Å². The molecule has 18 heavy (non-hydrogen) atoms. The van der Waals surface area contributed by atoms with E-state index in [-0.39, 0.29) is 10.8 Å². The summed E-state index contributed by atoms with van der Waals surface area (Å²) in [5.41, 5.74) is 6.76. The number of anilines is 1. The van der Waals surface area contributed by atoms with Crippen molar-refractivity contribution < 1.29 is 4.39 Å². The van der Waals surface area contributed by atoms with Crippen LogP contribution in [0.4, 0.5) is 10.1 Å². The van der Waals surface area contributed by atoms with Crippen molar-refractivity contribution in [1.82, 2.24) is 0 Å². The van der Waals surface area contributed by atoms with Gasteiger partial charge in [-0.3, -0.25) is 0 Å². The Labute approximate surface area is 120 Å². The van der Waals surface area contributed by atoms with Crippen molar-refractivity contribution in [2.24, 2.45) is 5.73 Å². The summed E-state index contributed by atoms with van der Waals surface area (Å²) in [6.45, 7) is 1.82. The molecule has 1 fully saturated rings. The summed E-state index contributed by atoms with van der Waals surface area (Å²) in [7, 11) is 0. The van der Waals surface area contributed by atoms with Gasteiger partial charge in [0.15, 0.2) is 5.82 Å². The number of thiocarbonyl (C=S) groups is 1. The third-order valence-corrected chi connectivity index (χ3v) is 4.27. The Bertz CT molecular complexity index is 457. The zero-order chi connectivity index (χ0) is 13.1. The molecule has 1 aliphatic rings. The van der Waals surface area contributed by atoms with Crippen LogP contribution in [0, 0.1) is 5.82 Å². The first-order valence-corrected chi connectivity index (χ1v) is 7.34. The number of halogens is 2. The molecule has 0 aromatic heterocycles. The molecule has 98 valence electrons. The van der Waals surface area contributed by atoms with E-state index in [1.54, 1.807) is 12.1 Å². The third kappa shape index (κ3) is 2.83. The van der Waals surface area contributed by atoms with E-state index in [4.69, 9.17) is 18.0 Å². The second-order valence-corrected chi connectivity index (χ2v) is 5.76. The zero-order valence-electron chi connectivity index (χ0n) is 10.1. The molecule has 0 saturated carbocycles. The molecule has 1 heterocycles. The van der Waals surface area contributed by atoms with Crippen molar-refractivity contribution in [2.75, 3.05) is 18.0 Å². The standard InChI is InChI=1S/C13H16BrFN2S/c14-11-9(13(16)18)5-6-10(12(11)15)17-7-3-1-2-4-8-17/h5-6H,1-4,7-8H2,(H2,16,18). The van der Waals surface area contributed by atoms with Gasteiger partial charge >= 0.3 is 0 Å². The van der Waals surface area contributed by atoms with Gasteiger partial charge in [-0.15, -0.1) is 0 Å². The smallest absolute Gasteiger partial charge is 0.161 e. The lowest BCUT2D eigenvalue weighted by atomic mass is 10.1. The van der Waals surface area contributed by atoms with Crippen LogP contribution in [0.25, 0.3) is 0 Å². The Balaban J connectivity index is 2.33. The average Bonchev–Trinajstić information content (AvgIpc) is 2.60. The first-order chi connectivity index (χ1) is 8.61. The minimum absolute atomic E-state index is 0.211. The summed E-state index contributed by atoms with van der Waals surface area (Å²) < 4.78 is 14.7. The van der Waals surface area contributed by atoms with Crippen molar-refractivity contribution in [3.8, 4) is 0 Å². The van der Waals surface area contributed by atoms with Crippen molar-refractivity contribution in [2.45, 2.75) is 25.7 Å². The van der Waals surface area contributed by atoms with Gasteiger partial charge in [0.25, 0.3) is 0 Å². The van der Waals surface area contributed by atoms with Gasteiger partial charge in [0.1, 0.15) is 4.99 Å². The van der Waals surface area contributed by atoms with Crippen LogP contribution in [0.1, 0.15) is 31.2 Å². The van der Waals surface area contributed by atoms with Crippen molar-refractivity contribution in [3.63, 3.8) is 0 Å². The van der Waals surface area contributed by atoms with Gasteiger partial charge in [0, 0.05) is 18.7 Å². The largest absolute Gasteiger partial charge is 0.389 e. The number of nitrogens with zero attached hydrogens (tertiary/aromatic N) is 1. The van der Waals surface area contributed by atoms with Gasteiger partial charge in [0.2, 0.25) is 0 Å². The fourth-order valence-corrected chi connectivity index (χ4v) is 3.14. The Hall–Kier alpha value is -0.680. The molecule has 1 saturated heterocycles. The summed E-state index contributed by atoms with van der Waals surface area (Å²) in [5.74, 6) is -0.262. The maximum Gasteiger partial charge on any atom is 0.161 e. The van der Waals surface area contributed by atoms with Crippen LogP contribution < -0.4 is 10.6 Å². The van der Waals surface area contributed by atoms with E-state index in [1.165, 1.54) is 12.8 Å². The Morgan fingerprint density at radius 1 is 1.22 bits per heavy atom. The second-order valence-electron chi connectivity index (χ2n) is 4.53. The maximum atomic E-state index is 14.3. The van der Waals surface area contributed by atoms with Gasteiger partial charge < -0.3 is 10.6 Å². The van der Waals surface area contributed by atoms with Crippen LogP contribution in [0.5, 0.6) is 0 Å². The highest BCUT2D eigenvalue weighted by atomic mass is 79.9. The van der Waals surface area contributed by atoms with Crippen LogP contribution in [0.2, 0.25) is 0 Å². The predicted octanol–water partition coefficient (Wildman–Crippen LogP) is 3.60. The molecule has 0 unspecified atom stereocenters. The highest BCUT2D eigenvalue weighted by Crippen LogP contribution is 2.30. The first-order valence-electron chi connectivity index (χ1n) is 6.14. The summed E-state index contributed by atoms with van der Waals surface area (Å²) in [4.78, 5) is 2.32. The molecule has 1 aromatic rings. The highest BCUT2D eigenvalue weighted by molar-refractivity contribution is 9.10. The Morgan fingerprint density at radius 2 is 1.83 bits per heavy atom. The summed E-state index contributed by atoms with van der Waals surface area (Å²) in [6.07, 6.45) is 4.69. The number of benzene rings is 1. The second kappa shape index (κ2) is 5.97. The molecular formula is C13H16BrFN2S. The summed E-state index contributed by atoms with van der Waals surface area (Å²) in [6, 6.07) is 3.57. The number of nitrogens with two attached hydrogens (primary N) is 1. The Morgan fingerprint density at radius 3 is 2.39 bits per heavy atom. The minimum atomic E-state index is -0.262. The van der Waals surface area contributed by atoms with Crippen LogP contribution in [0.15, 0.2) is 16.6 Å². The zero-order valence-corrected chi connectivity index (χ0v) is 12.5. The maximum absolute atomic E-state index is 14.3. The van der Waals surface area contributed by atoms with Gasteiger partial charge in [-0.1, -0.05) is 25.1 Å². The molecule has 1 aliphatic heterocycles. The molecule has 2 nitrogen and oxygen atoms in total. The first kappa shape index (κ1) is 13.7. The van der Waals surface area contributed by atoms with Gasteiger partial charge in [-0.25, -0.2) is 4.39 Å². The summed E-state index contributed by atoms with van der Waals surface area (Å²) in [5, 5.41) is 0. The molecule has 0 amide bonds. The lowest BCUT2D eigenvalue weighted by molar-refractivity contribution is 0.610. The fourth-order valence-electron chi connectivity index (χ4n) is 2.29. The van der Waals surface area contributed by atoms with E-state index >= 15 is 0 Å². The molecule has 2 N–H and O–H groups in total. The SMILES string of the molecule is NC(=S)c1ccc(N2CCCCCC2)c(F)c1Br. The van der Waals surface area contributed by atoms with Crippen LogP contribution in [-0.4, -0.2) is 18.1 Å². The van der Waals surface area contributed by atoms with Crippen molar-refractivity contribution in [1.29, 1.82) is 0 Å². The lowest BCUT2D eigenvalue weighted by Gasteiger charge is -2.24. The van der Waals surface area contributed by atoms with Crippen LogP contribution in [0.3, 0.4) is 0 Å². The van der Waals surface area contributed by atoms with Gasteiger partial charge in [0.05, 0.1) is 10.2 Å². The van der Waals surface area contributed by atoms with E-state index < -0.39 is 0 Å². The minimum Gasteiger partial charge on any atom is -0.389 e. The van der Waals surface area contributed by atoms with Gasteiger partial charge in [-0.2, -0.15) is 0 Å². The molecule has 5 heteroatoms. The van der Waals surface area contributed by atoms with Crippen molar-refractivity contribution in [3.05, 3.63) is 28.0 Å². The van der Waals surface area contributed by atoms with Crippen LogP contribution >= 0.6 is 28.1 Å². The molecule has 1 aromatic carbocycles. The van der Waals surface area contributed by atoms with E-state index in [0.29, 0.717) is 15.7 Å². The normalized spacial score (nSPS) is 16.4. The van der Waals surface area contributed by atoms with Crippen molar-refractivity contribution >= 4 is 38.8 Å². The van der Waals surface area contributed by atoms with E-state index in [0.717, 1.165) is 25.9 Å². The molecule has 0 aliphatic carbocycles. The summed E-state index contributed by atoms with van der Waals surface area (Å²) >= 11 is 8.15. The van der Waals surface area contributed by atoms with E-state index in [1.807, 2.05) is 0 Å². The predicted molar refractivity (Wildman–Crippen MR) is 80.7 cm³/mol. The average molecular weight is 331 g/mol. The van der Waals surface area contributed by atoms with Crippen LogP contribution in [-0.2, 0) is 0 Å².